The molecule has 3 saturated heterocycles. The lowest BCUT2D eigenvalue weighted by Gasteiger charge is -2.37. The van der Waals surface area contributed by atoms with Gasteiger partial charge >= 0.3 is 6.03 Å². The monoisotopic (exact) mass is 542 g/mol. The third kappa shape index (κ3) is 3.27. The number of hydrogen-bond acceptors (Lipinski definition) is 7. The first kappa shape index (κ1) is 24.4. The molecule has 4 heterocycles. The Labute approximate surface area is 222 Å². The van der Waals surface area contributed by atoms with Crippen LogP contribution in [0.1, 0.15) is 57.9 Å². The number of benzene rings is 1. The van der Waals surface area contributed by atoms with Gasteiger partial charge in [-0.1, -0.05) is 49.3 Å². The van der Waals surface area contributed by atoms with E-state index in [1.54, 1.807) is 4.90 Å². The molecule has 1 aromatic rings. The highest BCUT2D eigenvalue weighted by Crippen LogP contribution is 2.70. The maximum Gasteiger partial charge on any atom is 0.344 e. The Morgan fingerprint density at radius 3 is 2.74 bits per heavy atom. The summed E-state index contributed by atoms with van der Waals surface area (Å²) in [6.07, 6.45) is 3.25. The number of piperidine rings is 1. The molecule has 0 N–H and O–H groups in total. The summed E-state index contributed by atoms with van der Waals surface area (Å²) in [5.74, 6) is -0.0490. The lowest BCUT2D eigenvalue weighted by molar-refractivity contribution is -0.140. The SMILES string of the molecule is CC1(C)C2CC[C@]13CS(=O)(=O)N(C(=O)[C@H]1CC([C@@H]4CCC5CN4C(=O)N5OCc4ccccc4)=NO1)C3C2. The van der Waals surface area contributed by atoms with Crippen molar-refractivity contribution < 1.29 is 27.7 Å². The van der Waals surface area contributed by atoms with E-state index in [9.17, 15) is 18.0 Å². The van der Waals surface area contributed by atoms with Gasteiger partial charge in [0.15, 0.2) is 0 Å². The van der Waals surface area contributed by atoms with E-state index in [1.165, 1.54) is 5.06 Å². The van der Waals surface area contributed by atoms with Crippen molar-refractivity contribution in [3.05, 3.63) is 35.9 Å². The van der Waals surface area contributed by atoms with Gasteiger partial charge in [0.2, 0.25) is 16.1 Å². The minimum atomic E-state index is -3.73. The van der Waals surface area contributed by atoms with Crippen molar-refractivity contribution in [2.75, 3.05) is 12.3 Å². The number of carbonyl (C=O) groups is 2. The number of amides is 3. The van der Waals surface area contributed by atoms with Crippen molar-refractivity contribution in [1.29, 1.82) is 0 Å². The normalized spacial score (nSPS) is 37.9. The number of fused-ring (bicyclic) bond motifs is 3. The molecule has 3 amide bonds. The van der Waals surface area contributed by atoms with Crippen LogP contribution in [0.2, 0.25) is 0 Å². The van der Waals surface area contributed by atoms with Crippen LogP contribution in [-0.2, 0) is 31.1 Å². The lowest BCUT2D eigenvalue weighted by Crippen LogP contribution is -2.49. The third-order valence-corrected chi connectivity index (χ3v) is 12.4. The predicted octanol–water partition coefficient (Wildman–Crippen LogP) is 2.90. The quantitative estimate of drug-likeness (QED) is 0.566. The molecule has 5 fully saturated rings. The molecule has 10 nitrogen and oxygen atoms in total. The zero-order valence-corrected chi connectivity index (χ0v) is 22.6. The summed E-state index contributed by atoms with van der Waals surface area (Å²) in [5, 5.41) is 5.70. The number of oxime groups is 1. The summed E-state index contributed by atoms with van der Waals surface area (Å²) in [7, 11) is -3.73. The molecule has 2 aliphatic carbocycles. The van der Waals surface area contributed by atoms with Crippen molar-refractivity contribution in [3.8, 4) is 0 Å². The second-order valence-electron chi connectivity index (χ2n) is 12.4. The first-order valence-electron chi connectivity index (χ1n) is 13.7. The second kappa shape index (κ2) is 8.17. The highest BCUT2D eigenvalue weighted by molar-refractivity contribution is 7.90. The molecule has 3 unspecified atom stereocenters. The van der Waals surface area contributed by atoms with Crippen molar-refractivity contribution in [2.24, 2.45) is 21.9 Å². The minimum absolute atomic E-state index is 0.0325. The summed E-state index contributed by atoms with van der Waals surface area (Å²) in [6, 6.07) is 8.89. The van der Waals surface area contributed by atoms with Crippen molar-refractivity contribution in [2.45, 2.75) is 83.2 Å². The van der Waals surface area contributed by atoms with Crippen molar-refractivity contribution >= 4 is 27.7 Å². The number of nitrogens with zero attached hydrogens (tertiary/aromatic N) is 4. The molecule has 4 bridgehead atoms. The lowest BCUT2D eigenvalue weighted by atomic mass is 9.69. The fourth-order valence-corrected chi connectivity index (χ4v) is 10.9. The molecule has 2 saturated carbocycles. The van der Waals surface area contributed by atoms with Crippen LogP contribution in [0, 0.1) is 16.7 Å². The highest BCUT2D eigenvalue weighted by Gasteiger charge is 2.72. The van der Waals surface area contributed by atoms with Gasteiger partial charge in [-0.2, -0.15) is 5.06 Å². The Bertz CT molecular complexity index is 1320. The molecular formula is C27H34N4O6S. The summed E-state index contributed by atoms with van der Waals surface area (Å²) < 4.78 is 27.8. The van der Waals surface area contributed by atoms with E-state index in [0.29, 0.717) is 31.2 Å². The molecule has 1 aromatic carbocycles. The number of hydrogen-bond donors (Lipinski definition) is 0. The van der Waals surface area contributed by atoms with Crippen LogP contribution in [0.4, 0.5) is 4.79 Å². The average Bonchev–Trinajstić information content (AvgIpc) is 3.63. The van der Waals surface area contributed by atoms with Gasteiger partial charge in [0.25, 0.3) is 5.91 Å². The first-order chi connectivity index (χ1) is 18.1. The molecule has 1 spiro atoms. The van der Waals surface area contributed by atoms with Gasteiger partial charge in [-0.3, -0.25) is 9.63 Å². The molecule has 204 valence electrons. The Morgan fingerprint density at radius 1 is 1.18 bits per heavy atom. The fourth-order valence-electron chi connectivity index (χ4n) is 8.31. The Morgan fingerprint density at radius 2 is 1.97 bits per heavy atom. The minimum Gasteiger partial charge on any atom is -0.382 e. The van der Waals surface area contributed by atoms with Crippen LogP contribution in [0.25, 0.3) is 0 Å². The van der Waals surface area contributed by atoms with E-state index in [1.807, 2.05) is 30.3 Å². The van der Waals surface area contributed by atoms with Gasteiger partial charge in [-0.05, 0) is 49.0 Å². The summed E-state index contributed by atoms with van der Waals surface area (Å²) in [6.45, 7) is 5.17. The number of sulfonamides is 1. The van der Waals surface area contributed by atoms with Crippen LogP contribution < -0.4 is 0 Å². The van der Waals surface area contributed by atoms with Gasteiger partial charge < -0.3 is 9.74 Å². The summed E-state index contributed by atoms with van der Waals surface area (Å²) >= 11 is 0. The smallest absolute Gasteiger partial charge is 0.344 e. The van der Waals surface area contributed by atoms with E-state index >= 15 is 0 Å². The number of carbonyl (C=O) groups excluding carboxylic acids is 2. The second-order valence-corrected chi connectivity index (χ2v) is 14.2. The first-order valence-corrected chi connectivity index (χ1v) is 15.3. The van der Waals surface area contributed by atoms with Crippen LogP contribution >= 0.6 is 0 Å². The zero-order valence-electron chi connectivity index (χ0n) is 21.8. The molecule has 0 radical (unpaired) electrons. The van der Waals surface area contributed by atoms with Crippen LogP contribution in [0.5, 0.6) is 0 Å². The molecule has 11 heteroatoms. The van der Waals surface area contributed by atoms with E-state index in [-0.39, 0.29) is 47.2 Å². The third-order valence-electron chi connectivity index (χ3n) is 10.5. The maximum atomic E-state index is 13.7. The van der Waals surface area contributed by atoms with E-state index in [0.717, 1.165) is 35.6 Å². The molecule has 7 rings (SSSR count). The number of hydroxylamine groups is 2. The van der Waals surface area contributed by atoms with Crippen LogP contribution in [0.3, 0.4) is 0 Å². The highest BCUT2D eigenvalue weighted by atomic mass is 32.2. The molecule has 6 atom stereocenters. The van der Waals surface area contributed by atoms with Crippen molar-refractivity contribution in [1.82, 2.24) is 14.3 Å². The van der Waals surface area contributed by atoms with E-state index in [4.69, 9.17) is 9.68 Å². The summed E-state index contributed by atoms with van der Waals surface area (Å²) in [5.41, 5.74) is 1.12. The maximum absolute atomic E-state index is 13.7. The van der Waals surface area contributed by atoms with Gasteiger partial charge in [-0.25, -0.2) is 17.5 Å². The molecule has 6 aliphatic rings. The van der Waals surface area contributed by atoms with Gasteiger partial charge in [0, 0.05) is 18.4 Å². The predicted molar refractivity (Wildman–Crippen MR) is 137 cm³/mol. The molecule has 38 heavy (non-hydrogen) atoms. The van der Waals surface area contributed by atoms with Crippen LogP contribution in [-0.4, -0.2) is 76.9 Å². The number of rotatable bonds is 5. The molecule has 0 aromatic heterocycles. The molecular weight excluding hydrogens is 508 g/mol. The van der Waals surface area contributed by atoms with Crippen LogP contribution in [0.15, 0.2) is 35.5 Å². The fraction of sp³-hybridized carbons (Fsp3) is 0.667. The molecule has 4 aliphatic heterocycles. The van der Waals surface area contributed by atoms with Gasteiger partial charge in [-0.15, -0.1) is 0 Å². The Kier molecular flexibility index (Phi) is 5.24. The Balaban J connectivity index is 1.03. The Hall–Kier alpha value is -2.66. The average molecular weight is 543 g/mol. The van der Waals surface area contributed by atoms with Crippen molar-refractivity contribution in [3.63, 3.8) is 0 Å². The number of urea groups is 1. The zero-order chi connectivity index (χ0) is 26.4. The topological polar surface area (TPSA) is 109 Å². The van der Waals surface area contributed by atoms with E-state index in [2.05, 4.69) is 19.0 Å². The van der Waals surface area contributed by atoms with Gasteiger partial charge in [0.1, 0.15) is 6.61 Å². The summed E-state index contributed by atoms with van der Waals surface area (Å²) in [4.78, 5) is 40.1. The standard InChI is InChI=1S/C27H34N4O6S/c1-26(2)18-10-11-27(26)16-38(34,35)31(23(27)12-18)24(32)22-13-20(28-37-22)21-9-8-19-14-29(21)25(33)30(19)36-15-17-6-4-3-5-7-17/h3-7,18-19,21-23H,8-16H2,1-2H3/t18?,19?,21-,22+,23?,27+/m0/s1. The van der Waals surface area contributed by atoms with Gasteiger partial charge in [0.05, 0.1) is 29.6 Å². The van der Waals surface area contributed by atoms with E-state index < -0.39 is 22.0 Å². The largest absolute Gasteiger partial charge is 0.382 e.